The van der Waals surface area contributed by atoms with Crippen LogP contribution in [0, 0.1) is 0 Å². The van der Waals surface area contributed by atoms with Crippen LogP contribution in [0.5, 0.6) is 0 Å². The second kappa shape index (κ2) is 6.42. The van der Waals surface area contributed by atoms with Gasteiger partial charge in [-0.1, -0.05) is 6.92 Å². The zero-order valence-corrected chi connectivity index (χ0v) is 6.89. The highest BCUT2D eigenvalue weighted by Crippen LogP contribution is 1.80. The molecular formula is C7H15N3. The molecule has 58 valence electrons. The molecule has 0 saturated carbocycles. The van der Waals surface area contributed by atoms with Crippen LogP contribution in [-0.2, 0) is 0 Å². The molecule has 0 fully saturated rings. The number of hydrogen-bond acceptors (Lipinski definition) is 2. The predicted molar refractivity (Wildman–Crippen MR) is 45.8 cm³/mol. The molecule has 0 unspecified atom stereocenters. The van der Waals surface area contributed by atoms with Gasteiger partial charge in [0.05, 0.1) is 6.67 Å². The van der Waals surface area contributed by atoms with Gasteiger partial charge in [-0.25, -0.2) is 4.99 Å². The summed E-state index contributed by atoms with van der Waals surface area (Å²) in [5, 5.41) is 2.89. The van der Waals surface area contributed by atoms with Crippen molar-refractivity contribution in [2.45, 2.75) is 20.3 Å². The number of aliphatic imine (C=N–C) groups is 2. The van der Waals surface area contributed by atoms with Crippen molar-refractivity contribution in [3.8, 4) is 0 Å². The van der Waals surface area contributed by atoms with Crippen molar-refractivity contribution in [2.75, 3.05) is 13.7 Å². The van der Waals surface area contributed by atoms with E-state index in [-0.39, 0.29) is 0 Å². The first-order chi connectivity index (χ1) is 4.81. The van der Waals surface area contributed by atoms with E-state index in [9.17, 15) is 0 Å². The molecule has 0 aromatic carbocycles. The van der Waals surface area contributed by atoms with Gasteiger partial charge in [-0.3, -0.25) is 4.99 Å². The topological polar surface area (TPSA) is 36.8 Å². The molecule has 0 rings (SSSR count). The standard InChI is InChI=1S/C7H15N3/c1-4-7(2)10-6-9-5-8-3/h6,8H,4-5H2,1-3H3. The van der Waals surface area contributed by atoms with Crippen molar-refractivity contribution in [1.29, 1.82) is 0 Å². The Balaban J connectivity index is 3.49. The molecule has 10 heavy (non-hydrogen) atoms. The quantitative estimate of drug-likeness (QED) is 0.461. The van der Waals surface area contributed by atoms with Crippen LogP contribution in [-0.4, -0.2) is 25.8 Å². The lowest BCUT2D eigenvalue weighted by Crippen LogP contribution is -2.04. The Morgan fingerprint density at radius 3 is 2.80 bits per heavy atom. The summed E-state index contributed by atoms with van der Waals surface area (Å²) in [4.78, 5) is 8.02. The molecule has 0 spiro atoms. The van der Waals surface area contributed by atoms with Gasteiger partial charge in [0.15, 0.2) is 0 Å². The minimum absolute atomic E-state index is 0.639. The Labute approximate surface area is 62.3 Å². The predicted octanol–water partition coefficient (Wildman–Crippen LogP) is 1.06. The van der Waals surface area contributed by atoms with Crippen molar-refractivity contribution >= 4 is 12.1 Å². The molecule has 0 amide bonds. The van der Waals surface area contributed by atoms with Gasteiger partial charge in [0.25, 0.3) is 0 Å². The summed E-state index contributed by atoms with van der Waals surface area (Å²) in [5.41, 5.74) is 1.11. The third-order valence-electron chi connectivity index (χ3n) is 1.12. The number of hydrogen-bond donors (Lipinski definition) is 1. The van der Waals surface area contributed by atoms with E-state index in [0.717, 1.165) is 12.1 Å². The third kappa shape index (κ3) is 5.44. The molecule has 0 aliphatic rings. The average Bonchev–Trinajstić information content (AvgIpc) is 1.98. The number of rotatable bonds is 4. The zero-order chi connectivity index (χ0) is 7.82. The SMILES string of the molecule is CCC(C)=NC=NCNC. The second-order valence-electron chi connectivity index (χ2n) is 2.03. The zero-order valence-electron chi connectivity index (χ0n) is 6.89. The molecule has 0 radical (unpaired) electrons. The molecule has 0 aromatic heterocycles. The van der Waals surface area contributed by atoms with Gasteiger partial charge in [-0.05, 0) is 20.4 Å². The molecule has 3 heteroatoms. The smallest absolute Gasteiger partial charge is 0.111 e. The van der Waals surface area contributed by atoms with E-state index in [4.69, 9.17) is 0 Å². The average molecular weight is 141 g/mol. The Morgan fingerprint density at radius 2 is 2.30 bits per heavy atom. The van der Waals surface area contributed by atoms with Crippen LogP contribution >= 0.6 is 0 Å². The first-order valence-electron chi connectivity index (χ1n) is 3.47. The summed E-state index contributed by atoms with van der Waals surface area (Å²) in [6, 6.07) is 0. The lowest BCUT2D eigenvalue weighted by molar-refractivity contribution is 0.837. The van der Waals surface area contributed by atoms with Gasteiger partial charge in [-0.2, -0.15) is 0 Å². The largest absolute Gasteiger partial charge is 0.301 e. The van der Waals surface area contributed by atoms with E-state index < -0.39 is 0 Å². The molecule has 0 heterocycles. The van der Waals surface area contributed by atoms with Crippen molar-refractivity contribution in [3.05, 3.63) is 0 Å². The summed E-state index contributed by atoms with van der Waals surface area (Å²) >= 11 is 0. The van der Waals surface area contributed by atoms with Crippen molar-refractivity contribution in [2.24, 2.45) is 9.98 Å². The maximum absolute atomic E-state index is 4.07. The fourth-order valence-electron chi connectivity index (χ4n) is 0.363. The molecule has 0 aromatic rings. The first kappa shape index (κ1) is 9.30. The van der Waals surface area contributed by atoms with E-state index >= 15 is 0 Å². The Morgan fingerprint density at radius 1 is 1.60 bits per heavy atom. The minimum Gasteiger partial charge on any atom is -0.301 e. The van der Waals surface area contributed by atoms with Gasteiger partial charge in [0, 0.05) is 5.71 Å². The number of nitrogens with zero attached hydrogens (tertiary/aromatic N) is 2. The van der Waals surface area contributed by atoms with E-state index in [1.807, 2.05) is 14.0 Å². The lowest BCUT2D eigenvalue weighted by Gasteiger charge is -1.88. The molecular weight excluding hydrogens is 126 g/mol. The highest BCUT2D eigenvalue weighted by molar-refractivity contribution is 5.88. The highest BCUT2D eigenvalue weighted by Gasteiger charge is 1.79. The van der Waals surface area contributed by atoms with Crippen LogP contribution < -0.4 is 5.32 Å². The van der Waals surface area contributed by atoms with Gasteiger partial charge in [0.2, 0.25) is 0 Å². The number of nitrogens with one attached hydrogen (secondary N) is 1. The summed E-state index contributed by atoms with van der Waals surface area (Å²) < 4.78 is 0. The van der Waals surface area contributed by atoms with Crippen molar-refractivity contribution in [3.63, 3.8) is 0 Å². The summed E-state index contributed by atoms with van der Waals surface area (Å²) in [7, 11) is 1.85. The van der Waals surface area contributed by atoms with Crippen LogP contribution in [0.2, 0.25) is 0 Å². The molecule has 0 aliphatic carbocycles. The normalized spacial score (nSPS) is 12.9. The van der Waals surface area contributed by atoms with Crippen molar-refractivity contribution < 1.29 is 0 Å². The molecule has 1 N–H and O–H groups in total. The third-order valence-corrected chi connectivity index (χ3v) is 1.12. The van der Waals surface area contributed by atoms with Gasteiger partial charge < -0.3 is 5.32 Å². The summed E-state index contributed by atoms with van der Waals surface area (Å²) in [5.74, 6) is 0. The van der Waals surface area contributed by atoms with Gasteiger partial charge >= 0.3 is 0 Å². The van der Waals surface area contributed by atoms with E-state index in [2.05, 4.69) is 22.2 Å². The molecule has 0 saturated heterocycles. The van der Waals surface area contributed by atoms with Crippen LogP contribution in [0.25, 0.3) is 0 Å². The maximum Gasteiger partial charge on any atom is 0.111 e. The van der Waals surface area contributed by atoms with E-state index in [1.54, 1.807) is 6.34 Å². The molecule has 3 nitrogen and oxygen atoms in total. The maximum atomic E-state index is 4.07. The van der Waals surface area contributed by atoms with Crippen LogP contribution in [0.15, 0.2) is 9.98 Å². The van der Waals surface area contributed by atoms with Gasteiger partial charge in [0.1, 0.15) is 6.34 Å². The Bertz CT molecular complexity index is 127. The summed E-state index contributed by atoms with van der Waals surface area (Å²) in [6.07, 6.45) is 2.58. The fourth-order valence-corrected chi connectivity index (χ4v) is 0.363. The Hall–Kier alpha value is -0.700. The van der Waals surface area contributed by atoms with Crippen LogP contribution in [0.1, 0.15) is 20.3 Å². The molecule has 0 bridgehead atoms. The highest BCUT2D eigenvalue weighted by atomic mass is 15.0. The minimum atomic E-state index is 0.639. The monoisotopic (exact) mass is 141 g/mol. The van der Waals surface area contributed by atoms with Crippen LogP contribution in [0.3, 0.4) is 0 Å². The van der Waals surface area contributed by atoms with Gasteiger partial charge in [-0.15, -0.1) is 0 Å². The Kier molecular flexibility index (Phi) is 5.97. The lowest BCUT2D eigenvalue weighted by atomic mass is 10.3. The fraction of sp³-hybridized carbons (Fsp3) is 0.714. The van der Waals surface area contributed by atoms with E-state index in [1.165, 1.54) is 0 Å². The summed E-state index contributed by atoms with van der Waals surface area (Å²) in [6.45, 7) is 4.70. The van der Waals surface area contributed by atoms with E-state index in [0.29, 0.717) is 6.67 Å². The molecule has 0 atom stereocenters. The first-order valence-corrected chi connectivity index (χ1v) is 3.47. The van der Waals surface area contributed by atoms with Crippen molar-refractivity contribution in [1.82, 2.24) is 5.32 Å². The second-order valence-corrected chi connectivity index (χ2v) is 2.03. The molecule has 0 aliphatic heterocycles. The van der Waals surface area contributed by atoms with Crippen LogP contribution in [0.4, 0.5) is 0 Å².